The van der Waals surface area contributed by atoms with Crippen LogP contribution in [-0.2, 0) is 11.3 Å². The molecule has 2 aromatic heterocycles. The maximum Gasteiger partial charge on any atom is 0.343 e. The number of anilines is 1. The molecule has 0 saturated carbocycles. The van der Waals surface area contributed by atoms with Crippen LogP contribution in [0.25, 0.3) is 21.8 Å². The number of rotatable bonds is 8. The quantitative estimate of drug-likeness (QED) is 0.111. The average Bonchev–Trinajstić information content (AvgIpc) is 3.18. The number of piperazine rings is 1. The van der Waals surface area contributed by atoms with Crippen LogP contribution in [0.15, 0.2) is 97.3 Å². The molecule has 1 aliphatic heterocycles. The summed E-state index contributed by atoms with van der Waals surface area (Å²) in [4.78, 5) is 37.9. The van der Waals surface area contributed by atoms with Gasteiger partial charge in [-0.3, -0.25) is 19.7 Å². The highest BCUT2D eigenvalue weighted by Crippen LogP contribution is 2.34. The van der Waals surface area contributed by atoms with Crippen molar-refractivity contribution in [3.05, 3.63) is 130 Å². The highest BCUT2D eigenvalue weighted by Gasteiger charge is 2.22. The minimum atomic E-state index is -0.455. The Labute approximate surface area is 319 Å². The predicted octanol–water partition coefficient (Wildman–Crippen LogP) is 9.26. The molecule has 0 radical (unpaired) electrons. The number of aromatic nitrogens is 2. The van der Waals surface area contributed by atoms with Crippen molar-refractivity contribution in [1.29, 1.82) is 0 Å². The summed E-state index contributed by atoms with van der Waals surface area (Å²) < 4.78 is 16.6. The Morgan fingerprint density at radius 1 is 0.755 bits per heavy atom. The lowest BCUT2D eigenvalue weighted by molar-refractivity contribution is -0.133. The Hall–Kier alpha value is -5.22. The summed E-state index contributed by atoms with van der Waals surface area (Å²) in [5, 5.41) is 2.92. The number of esters is 2. The van der Waals surface area contributed by atoms with Crippen LogP contribution in [0, 0.1) is 13.8 Å². The molecule has 7 rings (SSSR count). The molecule has 11 heteroatoms. The number of carbonyl (C=O) groups is 2. The fraction of sp³-hybridized carbons (Fsp3) is 0.238. The van der Waals surface area contributed by atoms with Gasteiger partial charge in [0.05, 0.1) is 23.4 Å². The van der Waals surface area contributed by atoms with Gasteiger partial charge in [-0.2, -0.15) is 0 Å². The van der Waals surface area contributed by atoms with E-state index in [1.165, 1.54) is 5.56 Å². The smallest absolute Gasteiger partial charge is 0.343 e. The first-order valence-electron chi connectivity index (χ1n) is 17.4. The lowest BCUT2D eigenvalue weighted by atomic mass is 10.0. The van der Waals surface area contributed by atoms with Crippen molar-refractivity contribution >= 4 is 62.6 Å². The number of pyridine rings is 2. The molecule has 0 aliphatic carbocycles. The van der Waals surface area contributed by atoms with Gasteiger partial charge >= 0.3 is 11.9 Å². The fourth-order valence-corrected chi connectivity index (χ4v) is 6.81. The summed E-state index contributed by atoms with van der Waals surface area (Å²) in [5.74, 6) is 1.17. The molecule has 0 unspecified atom stereocenters. The van der Waals surface area contributed by atoms with E-state index >= 15 is 0 Å². The molecule has 1 aliphatic rings. The molecule has 6 aromatic rings. The van der Waals surface area contributed by atoms with E-state index in [4.69, 9.17) is 37.4 Å². The first kappa shape index (κ1) is 37.5. The van der Waals surface area contributed by atoms with E-state index in [9.17, 15) is 9.59 Å². The van der Waals surface area contributed by atoms with Gasteiger partial charge in [-0.05, 0) is 91.2 Å². The Kier molecular flexibility index (Phi) is 12.1. The number of nitrogens with zero attached hydrogens (tertiary/aromatic N) is 4. The van der Waals surface area contributed by atoms with Crippen molar-refractivity contribution in [3.63, 3.8) is 0 Å². The topological polar surface area (TPSA) is 94.1 Å². The molecule has 4 aromatic carbocycles. The summed E-state index contributed by atoms with van der Waals surface area (Å²) in [5.41, 5.74) is 5.82. The van der Waals surface area contributed by atoms with Gasteiger partial charge in [-0.15, -0.1) is 0 Å². The Bertz CT molecular complexity index is 2270. The van der Waals surface area contributed by atoms with Crippen molar-refractivity contribution < 1.29 is 23.8 Å². The van der Waals surface area contributed by atoms with Gasteiger partial charge in [-0.25, -0.2) is 4.79 Å². The van der Waals surface area contributed by atoms with Crippen LogP contribution in [0.1, 0.15) is 40.4 Å². The predicted molar refractivity (Wildman–Crippen MR) is 211 cm³/mol. The zero-order valence-corrected chi connectivity index (χ0v) is 31.6. The Morgan fingerprint density at radius 2 is 1.47 bits per heavy atom. The number of aryl methyl sites for hydroxylation is 2. The van der Waals surface area contributed by atoms with Crippen molar-refractivity contribution in [1.82, 2.24) is 14.9 Å². The summed E-state index contributed by atoms with van der Waals surface area (Å²) >= 11 is 12.0. The molecule has 9 nitrogen and oxygen atoms in total. The van der Waals surface area contributed by atoms with Crippen LogP contribution >= 0.6 is 23.2 Å². The van der Waals surface area contributed by atoms with Gasteiger partial charge in [-0.1, -0.05) is 54.4 Å². The monoisotopic (exact) mass is 750 g/mol. The molecule has 3 heterocycles. The highest BCUT2D eigenvalue weighted by molar-refractivity contribution is 6.35. The zero-order chi connectivity index (χ0) is 37.5. The van der Waals surface area contributed by atoms with E-state index in [0.29, 0.717) is 39.0 Å². The van der Waals surface area contributed by atoms with Gasteiger partial charge in [0.2, 0.25) is 0 Å². The largest absolute Gasteiger partial charge is 0.495 e. The fourth-order valence-electron chi connectivity index (χ4n) is 6.37. The van der Waals surface area contributed by atoms with E-state index in [2.05, 4.69) is 44.0 Å². The molecule has 0 bridgehead atoms. The third kappa shape index (κ3) is 8.71. The summed E-state index contributed by atoms with van der Waals surface area (Å²) in [7, 11) is 1.72. The van der Waals surface area contributed by atoms with Gasteiger partial charge in [0.15, 0.2) is 11.5 Å². The second kappa shape index (κ2) is 17.1. The van der Waals surface area contributed by atoms with Crippen molar-refractivity contribution in [3.8, 4) is 17.2 Å². The molecule has 0 N–H and O–H groups in total. The van der Waals surface area contributed by atoms with Gasteiger partial charge in [0.1, 0.15) is 16.8 Å². The maximum atomic E-state index is 12.3. The van der Waals surface area contributed by atoms with Gasteiger partial charge < -0.3 is 19.1 Å². The number of carbonyl (C=O) groups excluding carboxylic acids is 2. The van der Waals surface area contributed by atoms with E-state index in [0.717, 1.165) is 71.6 Å². The van der Waals surface area contributed by atoms with Crippen LogP contribution in [-0.4, -0.2) is 60.1 Å². The second-order valence-electron chi connectivity index (χ2n) is 12.6. The normalized spacial score (nSPS) is 13.0. The summed E-state index contributed by atoms with van der Waals surface area (Å²) in [6, 6.07) is 26.3. The second-order valence-corrected chi connectivity index (χ2v) is 13.5. The van der Waals surface area contributed by atoms with E-state index in [-0.39, 0.29) is 5.97 Å². The number of ether oxygens (including phenoxy) is 3. The lowest BCUT2D eigenvalue weighted by Gasteiger charge is -2.36. The van der Waals surface area contributed by atoms with E-state index in [1.807, 2.05) is 31.2 Å². The van der Waals surface area contributed by atoms with Crippen molar-refractivity contribution in [2.45, 2.75) is 33.7 Å². The van der Waals surface area contributed by atoms with Crippen LogP contribution in [0.2, 0.25) is 10.0 Å². The molecule has 272 valence electrons. The van der Waals surface area contributed by atoms with E-state index in [1.54, 1.807) is 69.7 Å². The van der Waals surface area contributed by atoms with Gasteiger partial charge in [0.25, 0.3) is 0 Å². The Balaban J connectivity index is 0.000000192. The number of hydrogen-bond donors (Lipinski definition) is 0. The lowest BCUT2D eigenvalue weighted by Crippen LogP contribution is -2.46. The maximum absolute atomic E-state index is 12.3. The van der Waals surface area contributed by atoms with Crippen molar-refractivity contribution in [2.75, 3.05) is 38.2 Å². The number of para-hydroxylation sites is 2. The molecule has 0 atom stereocenters. The number of methoxy groups -OCH3 is 1. The first-order chi connectivity index (χ1) is 25.7. The Morgan fingerprint density at radius 3 is 2.19 bits per heavy atom. The third-order valence-electron chi connectivity index (χ3n) is 9.10. The molecule has 1 fully saturated rings. The third-order valence-corrected chi connectivity index (χ3v) is 9.67. The molecule has 0 spiro atoms. The molecule has 0 amide bonds. The van der Waals surface area contributed by atoms with E-state index < -0.39 is 5.97 Å². The minimum Gasteiger partial charge on any atom is -0.495 e. The van der Waals surface area contributed by atoms with Crippen molar-refractivity contribution in [2.24, 2.45) is 0 Å². The minimum absolute atomic E-state index is 0.240. The molecular weight excluding hydrogens is 711 g/mol. The number of benzene rings is 4. The average molecular weight is 752 g/mol. The van der Waals surface area contributed by atoms with Crippen LogP contribution < -0.4 is 19.1 Å². The summed E-state index contributed by atoms with van der Waals surface area (Å²) in [6.07, 6.45) is 3.72. The zero-order valence-electron chi connectivity index (χ0n) is 30.1. The molecular formula is C42H40Cl2N4O5. The molecule has 1 saturated heterocycles. The van der Waals surface area contributed by atoms with Crippen LogP contribution in [0.3, 0.4) is 0 Å². The number of fused-ring (bicyclic) bond motifs is 2. The summed E-state index contributed by atoms with van der Waals surface area (Å²) in [6.45, 7) is 10.2. The number of halogens is 2. The van der Waals surface area contributed by atoms with Gasteiger partial charge in [0, 0.05) is 67.3 Å². The molecule has 53 heavy (non-hydrogen) atoms. The number of hydrogen-bond acceptors (Lipinski definition) is 9. The SMILES string of the molecule is CCC(=O)Oc1c(C)cc(CN2CCN(c3ccccc3OC)CC2)c2cccnc12.Cc1cc(Cl)ccc1C(=O)Oc1ccc(Cl)c2cccnc12. The van der Waals surface area contributed by atoms with Crippen LogP contribution in [0.4, 0.5) is 5.69 Å². The van der Waals surface area contributed by atoms with Crippen LogP contribution in [0.5, 0.6) is 17.2 Å². The standard InChI is InChI=1S/C25H29N3O3.C17H11Cl2NO2/c1-4-23(29)31-25-18(2)16-19(20-8-7-11-26-24(20)25)17-27-12-14-28(15-13-27)21-9-5-6-10-22(21)30-3;1-10-9-11(18)4-5-12(10)17(21)22-15-7-6-14(19)13-3-2-8-20-16(13)15/h5-11,16H,4,12-15,17H2,1-3H3;2-9H,1H3. The highest BCUT2D eigenvalue weighted by atomic mass is 35.5. The first-order valence-corrected chi connectivity index (χ1v) is 18.1.